The first kappa shape index (κ1) is 14.9. The second-order valence-corrected chi connectivity index (χ2v) is 9.37. The maximum Gasteiger partial charge on any atom is 0.331 e. The Morgan fingerprint density at radius 2 is 0.773 bits per heavy atom. The Bertz CT molecular complexity index is 719. The van der Waals surface area contributed by atoms with Crippen LogP contribution in [0.3, 0.4) is 0 Å². The molecule has 8 nitrogen and oxygen atoms in total. The molecule has 0 spiro atoms. The van der Waals surface area contributed by atoms with E-state index in [0.29, 0.717) is 0 Å². The number of hydrogen-bond donors (Lipinski definition) is 0. The Morgan fingerprint density at radius 1 is 0.500 bits per heavy atom. The summed E-state index contributed by atoms with van der Waals surface area (Å²) in [6, 6.07) is 0. The largest absolute Gasteiger partial charge is 0.331 e. The lowest BCUT2D eigenvalue weighted by Crippen LogP contribution is -1.95. The molecule has 0 saturated carbocycles. The topological polar surface area (TPSA) is 103 Å². The molecule has 4 rings (SSSR count). The Labute approximate surface area is 155 Å². The van der Waals surface area contributed by atoms with Crippen LogP contribution in [0.25, 0.3) is 11.1 Å². The summed E-state index contributed by atoms with van der Waals surface area (Å²) >= 11 is 9.90. The highest BCUT2D eigenvalue weighted by Gasteiger charge is 2.37. The zero-order valence-corrected chi connectivity index (χ0v) is 16.4. The van der Waals surface area contributed by atoms with E-state index >= 15 is 0 Å². The highest BCUT2D eigenvalue weighted by Crippen LogP contribution is 2.39. The first-order chi connectivity index (χ1) is 10.9. The van der Waals surface area contributed by atoms with Gasteiger partial charge < -0.3 is 0 Å². The van der Waals surface area contributed by atoms with E-state index in [9.17, 15) is 0 Å². The molecule has 0 N–H and O–H groups in total. The first-order valence-corrected chi connectivity index (χ1v) is 11.2. The van der Waals surface area contributed by atoms with Crippen molar-refractivity contribution in [2.75, 3.05) is 0 Å². The van der Waals surface area contributed by atoms with E-state index < -0.39 is 0 Å². The quantitative estimate of drug-likeness (QED) is 0.444. The Balaban J connectivity index is 2.06. The van der Waals surface area contributed by atoms with Gasteiger partial charge in [0.25, 0.3) is 20.0 Å². The minimum absolute atomic E-state index is 0.768. The Morgan fingerprint density at radius 3 is 0.955 bits per heavy atom. The van der Waals surface area contributed by atoms with Crippen molar-refractivity contribution in [2.24, 2.45) is 0 Å². The van der Waals surface area contributed by atoms with Gasteiger partial charge in [0.15, 0.2) is 0 Å². The molecule has 0 saturated heterocycles. The van der Waals surface area contributed by atoms with E-state index in [1.165, 1.54) is 46.1 Å². The van der Waals surface area contributed by atoms with E-state index in [-0.39, 0.29) is 0 Å². The molecule has 0 unspecified atom stereocenters. The average molecular weight is 441 g/mol. The third kappa shape index (κ3) is 2.92. The van der Waals surface area contributed by atoms with Crippen LogP contribution in [0.2, 0.25) is 0 Å². The van der Waals surface area contributed by atoms with E-state index in [0.717, 1.165) is 78.1 Å². The van der Waals surface area contributed by atoms with Crippen molar-refractivity contribution in [3.8, 4) is 0 Å². The second-order valence-electron chi connectivity index (χ2n) is 3.33. The van der Waals surface area contributed by atoms with E-state index in [2.05, 4.69) is 32.5 Å². The minimum Gasteiger partial charge on any atom is -0.0248 e. The van der Waals surface area contributed by atoms with Gasteiger partial charge >= 0.3 is 46.9 Å². The van der Waals surface area contributed by atoms with Crippen molar-refractivity contribution in [3.63, 3.8) is 0 Å². The van der Waals surface area contributed by atoms with Gasteiger partial charge in [-0.25, -0.2) is 0 Å². The third-order valence-electron chi connectivity index (χ3n) is 2.23. The molecular formula is C6N8S8+4. The fraction of sp³-hybridized carbons (Fsp3) is 0. The van der Waals surface area contributed by atoms with Gasteiger partial charge in [-0.1, -0.05) is 0 Å². The number of nitrogens with zero attached hydrogens (tertiary/aromatic N) is 8. The Hall–Kier alpha value is -0.620. The predicted molar refractivity (Wildman–Crippen MR) is 93.8 cm³/mol. The minimum atomic E-state index is 0.768. The lowest BCUT2D eigenvalue weighted by atomic mass is 10.1. The van der Waals surface area contributed by atoms with Gasteiger partial charge in [-0.3, -0.25) is 0 Å². The Kier molecular flexibility index (Phi) is 4.67. The maximum absolute atomic E-state index is 4.37. The van der Waals surface area contributed by atoms with Gasteiger partial charge in [-0.05, 0) is 17.5 Å². The maximum atomic E-state index is 4.37. The zero-order chi connectivity index (χ0) is 14.8. The summed E-state index contributed by atoms with van der Waals surface area (Å²) in [5, 5.41) is 3.07. The van der Waals surface area contributed by atoms with Crippen LogP contribution in [-0.4, -0.2) is 32.5 Å². The highest BCUT2D eigenvalue weighted by molar-refractivity contribution is 7.22. The molecule has 0 aromatic carbocycles. The second kappa shape index (κ2) is 6.87. The normalized spacial score (nSPS) is 10.7. The van der Waals surface area contributed by atoms with Crippen LogP contribution in [0.5, 0.6) is 0 Å². The molecular weight excluding hydrogens is 441 g/mol. The van der Waals surface area contributed by atoms with Crippen molar-refractivity contribution in [1.29, 1.82) is 0 Å². The molecule has 4 aromatic heterocycles. The van der Waals surface area contributed by atoms with E-state index in [4.69, 9.17) is 0 Å². The summed E-state index contributed by atoms with van der Waals surface area (Å²) in [4.78, 5) is 0. The molecule has 0 atom stereocenters. The molecule has 4 heterocycles. The number of hydrogen-bond acceptors (Lipinski definition) is 12. The van der Waals surface area contributed by atoms with Gasteiger partial charge in [0.1, 0.15) is 26.2 Å². The monoisotopic (exact) mass is 440 g/mol. The number of aromatic nitrogens is 8. The molecule has 0 bridgehead atoms. The van der Waals surface area contributed by atoms with E-state index in [1.54, 1.807) is 0 Å². The molecule has 16 heteroatoms. The van der Waals surface area contributed by atoms with Gasteiger partial charge in [0, 0.05) is 0 Å². The summed E-state index contributed by atoms with van der Waals surface area (Å²) in [6.45, 7) is 0. The van der Waals surface area contributed by atoms with Crippen LogP contribution in [0.1, 0.15) is 20.0 Å². The zero-order valence-electron chi connectivity index (χ0n) is 9.84. The van der Waals surface area contributed by atoms with Crippen LogP contribution < -0.4 is 0 Å². The van der Waals surface area contributed by atoms with Crippen molar-refractivity contribution in [3.05, 3.63) is 20.0 Å². The molecule has 0 aliphatic heterocycles. The summed E-state index contributed by atoms with van der Waals surface area (Å²) in [5.41, 5.74) is 1.68. The fourth-order valence-electron chi connectivity index (χ4n) is 1.47. The predicted octanol–water partition coefficient (Wildman–Crippen LogP) is 3.47. The number of rotatable bonds is 4. The molecule has 0 aliphatic rings. The third-order valence-corrected chi connectivity index (χ3v) is 7.88. The highest BCUT2D eigenvalue weighted by atomic mass is 32.2. The van der Waals surface area contributed by atoms with Crippen molar-refractivity contribution >= 4 is 104 Å². The lowest BCUT2D eigenvalue weighted by molar-refractivity contribution is 1.43. The van der Waals surface area contributed by atoms with Crippen LogP contribution in [0, 0.1) is 0 Å². The van der Waals surface area contributed by atoms with Gasteiger partial charge in [-0.15, -0.1) is 0 Å². The molecule has 0 fully saturated rings. The van der Waals surface area contributed by atoms with Crippen molar-refractivity contribution < 1.29 is 0 Å². The van der Waals surface area contributed by atoms with Crippen LogP contribution in [0.15, 0.2) is 0 Å². The summed E-state index contributed by atoms with van der Waals surface area (Å²) < 4.78 is 34.0. The standard InChI is InChI=1S/C6N8S8/c7-3(15-11-19-7)1(4-8-20-12-16-4)2(5-9-21-13-17-5)6-10-22-14-18-6/q+4. The van der Waals surface area contributed by atoms with Gasteiger partial charge in [0.2, 0.25) is 46.1 Å². The fourth-order valence-corrected chi connectivity index (χ4v) is 6.55. The lowest BCUT2D eigenvalue weighted by Gasteiger charge is -1.93. The van der Waals surface area contributed by atoms with Crippen LogP contribution in [0.4, 0.5) is 0 Å². The molecule has 108 valence electrons. The summed E-state index contributed by atoms with van der Waals surface area (Å²) in [5.74, 6) is 0. The first-order valence-electron chi connectivity index (χ1n) is 5.15. The molecule has 0 amide bonds. The van der Waals surface area contributed by atoms with Crippen LogP contribution in [-0.2, 0) is 0 Å². The smallest absolute Gasteiger partial charge is 0.0248 e. The van der Waals surface area contributed by atoms with Crippen molar-refractivity contribution in [2.45, 2.75) is 0 Å². The van der Waals surface area contributed by atoms with E-state index in [1.807, 2.05) is 0 Å². The summed E-state index contributed by atoms with van der Waals surface area (Å²) in [6.07, 6.45) is 0. The van der Waals surface area contributed by atoms with Gasteiger partial charge in [0.05, 0.1) is 0 Å². The van der Waals surface area contributed by atoms with Crippen LogP contribution >= 0.6 is 93.0 Å². The average Bonchev–Trinajstić information content (AvgIpc) is 3.35. The molecule has 0 aliphatic carbocycles. The van der Waals surface area contributed by atoms with Crippen molar-refractivity contribution in [1.82, 2.24) is 32.5 Å². The van der Waals surface area contributed by atoms with Gasteiger partial charge in [-0.2, -0.15) is 0 Å². The SMILES string of the molecule is n1snc(C(=C(c2nsn[s+]2)c2nsn[s+]2)c2nsn[s+]2)[s+]1. The summed E-state index contributed by atoms with van der Waals surface area (Å²) in [7, 11) is 0. The molecule has 0 radical (unpaired) electrons. The molecule has 22 heavy (non-hydrogen) atoms. The molecule has 4 aromatic rings.